The van der Waals surface area contributed by atoms with E-state index in [9.17, 15) is 4.79 Å². The molecule has 0 aliphatic carbocycles. The molecule has 6 heteroatoms. The molecule has 1 aromatic rings. The summed E-state index contributed by atoms with van der Waals surface area (Å²) < 4.78 is 0. The quantitative estimate of drug-likeness (QED) is 0.646. The molecule has 0 unspecified atom stereocenters. The van der Waals surface area contributed by atoms with E-state index in [-0.39, 0.29) is 16.4 Å². The summed E-state index contributed by atoms with van der Waals surface area (Å²) in [6.45, 7) is 0. The number of nitrogens with zero attached hydrogens (tertiary/aromatic N) is 1. The van der Waals surface area contributed by atoms with Crippen LogP contribution in [0.15, 0.2) is 18.2 Å². The van der Waals surface area contributed by atoms with Crippen molar-refractivity contribution in [2.45, 2.75) is 0 Å². The van der Waals surface area contributed by atoms with Crippen molar-refractivity contribution in [2.75, 3.05) is 11.9 Å². The molecule has 0 bridgehead atoms. The summed E-state index contributed by atoms with van der Waals surface area (Å²) in [7, 11) is 1.56. The molecule has 0 heterocycles. The molecule has 4 N–H and O–H groups in total. The van der Waals surface area contributed by atoms with Gasteiger partial charge in [0.05, 0.1) is 11.3 Å². The molecule has 1 aromatic carbocycles. The SMILES string of the molecule is CN(C(N)=S)c1ccc(O)cc1C(=O)O. The summed E-state index contributed by atoms with van der Waals surface area (Å²) in [4.78, 5) is 12.2. The number of hydrogen-bond donors (Lipinski definition) is 3. The van der Waals surface area contributed by atoms with Crippen molar-refractivity contribution in [3.8, 4) is 5.75 Å². The fraction of sp³-hybridized carbons (Fsp3) is 0.111. The lowest BCUT2D eigenvalue weighted by Crippen LogP contribution is -2.32. The Balaban J connectivity index is 3.28. The van der Waals surface area contributed by atoms with Crippen LogP contribution < -0.4 is 10.6 Å². The van der Waals surface area contributed by atoms with Crippen molar-refractivity contribution in [1.82, 2.24) is 0 Å². The Morgan fingerprint density at radius 2 is 2.13 bits per heavy atom. The third kappa shape index (κ3) is 2.35. The van der Waals surface area contributed by atoms with E-state index in [1.54, 1.807) is 7.05 Å². The average molecular weight is 226 g/mol. The second kappa shape index (κ2) is 4.14. The molecule has 0 aliphatic heterocycles. The number of anilines is 1. The number of nitrogens with two attached hydrogens (primary N) is 1. The Kier molecular flexibility index (Phi) is 3.11. The number of aromatic hydroxyl groups is 1. The molecule has 0 fully saturated rings. The normalized spacial score (nSPS) is 9.67. The smallest absolute Gasteiger partial charge is 0.337 e. The van der Waals surface area contributed by atoms with E-state index in [1.807, 2.05) is 0 Å². The molecule has 1 rings (SSSR count). The highest BCUT2D eigenvalue weighted by molar-refractivity contribution is 7.80. The van der Waals surface area contributed by atoms with Crippen molar-refractivity contribution in [1.29, 1.82) is 0 Å². The zero-order chi connectivity index (χ0) is 11.6. The van der Waals surface area contributed by atoms with Gasteiger partial charge in [-0.05, 0) is 30.4 Å². The fourth-order valence-electron chi connectivity index (χ4n) is 1.11. The molecule has 0 radical (unpaired) electrons. The Labute approximate surface area is 91.7 Å². The van der Waals surface area contributed by atoms with Crippen molar-refractivity contribution in [3.63, 3.8) is 0 Å². The third-order valence-electron chi connectivity index (χ3n) is 1.90. The van der Waals surface area contributed by atoms with Gasteiger partial charge >= 0.3 is 5.97 Å². The first-order valence-corrected chi connectivity index (χ1v) is 4.43. The Morgan fingerprint density at radius 1 is 1.53 bits per heavy atom. The molecule has 0 saturated carbocycles. The van der Waals surface area contributed by atoms with Crippen LogP contribution in [0.2, 0.25) is 0 Å². The van der Waals surface area contributed by atoms with E-state index in [0.717, 1.165) is 6.07 Å². The van der Waals surface area contributed by atoms with Crippen molar-refractivity contribution in [2.24, 2.45) is 5.73 Å². The van der Waals surface area contributed by atoms with Crippen LogP contribution in [0.1, 0.15) is 10.4 Å². The molecule has 0 aromatic heterocycles. The summed E-state index contributed by atoms with van der Waals surface area (Å²) in [6, 6.07) is 3.96. The second-order valence-electron chi connectivity index (χ2n) is 2.90. The molecular weight excluding hydrogens is 216 g/mol. The fourth-order valence-corrected chi connectivity index (χ4v) is 1.20. The van der Waals surface area contributed by atoms with Gasteiger partial charge in [0, 0.05) is 7.05 Å². The van der Waals surface area contributed by atoms with Crippen LogP contribution >= 0.6 is 12.2 Å². The highest BCUT2D eigenvalue weighted by atomic mass is 32.1. The lowest BCUT2D eigenvalue weighted by molar-refractivity contribution is 0.0697. The van der Waals surface area contributed by atoms with Gasteiger partial charge in [0.25, 0.3) is 0 Å². The largest absolute Gasteiger partial charge is 0.508 e. The lowest BCUT2D eigenvalue weighted by Gasteiger charge is -2.18. The van der Waals surface area contributed by atoms with Gasteiger partial charge in [-0.3, -0.25) is 0 Å². The number of carboxylic acid groups (broad SMARTS) is 1. The van der Waals surface area contributed by atoms with Gasteiger partial charge in [0.2, 0.25) is 0 Å². The summed E-state index contributed by atoms with van der Waals surface area (Å²) in [6.07, 6.45) is 0. The van der Waals surface area contributed by atoms with Crippen LogP contribution in [-0.4, -0.2) is 28.3 Å². The van der Waals surface area contributed by atoms with Crippen molar-refractivity contribution in [3.05, 3.63) is 23.8 Å². The number of thiocarbonyl (C=S) groups is 1. The summed E-state index contributed by atoms with van der Waals surface area (Å²) in [5.41, 5.74) is 5.67. The molecule has 5 nitrogen and oxygen atoms in total. The lowest BCUT2D eigenvalue weighted by atomic mass is 10.1. The van der Waals surface area contributed by atoms with Crippen LogP contribution in [0.25, 0.3) is 0 Å². The van der Waals surface area contributed by atoms with Gasteiger partial charge < -0.3 is 20.8 Å². The van der Waals surface area contributed by atoms with Gasteiger partial charge in [-0.15, -0.1) is 0 Å². The van der Waals surface area contributed by atoms with Crippen LogP contribution in [0.3, 0.4) is 0 Å². The first-order chi connectivity index (χ1) is 6.93. The molecule has 80 valence electrons. The Bertz CT molecular complexity index is 420. The molecule has 0 saturated heterocycles. The summed E-state index contributed by atoms with van der Waals surface area (Å²) in [5, 5.41) is 18.1. The minimum absolute atomic E-state index is 0.0506. The summed E-state index contributed by atoms with van der Waals surface area (Å²) >= 11 is 4.73. The molecule has 0 atom stereocenters. The van der Waals surface area contributed by atoms with E-state index >= 15 is 0 Å². The van der Waals surface area contributed by atoms with E-state index < -0.39 is 5.97 Å². The van der Waals surface area contributed by atoms with E-state index in [2.05, 4.69) is 0 Å². The average Bonchev–Trinajstić information content (AvgIpc) is 2.16. The van der Waals surface area contributed by atoms with Crippen LogP contribution in [-0.2, 0) is 0 Å². The zero-order valence-corrected chi connectivity index (χ0v) is 8.78. The maximum absolute atomic E-state index is 10.9. The highest BCUT2D eigenvalue weighted by Crippen LogP contribution is 2.23. The topological polar surface area (TPSA) is 86.8 Å². The number of phenols is 1. The van der Waals surface area contributed by atoms with Crippen LogP contribution in [0.5, 0.6) is 5.75 Å². The monoisotopic (exact) mass is 226 g/mol. The number of carboxylic acids is 1. The van der Waals surface area contributed by atoms with Crippen molar-refractivity contribution < 1.29 is 15.0 Å². The molecule has 0 spiro atoms. The van der Waals surface area contributed by atoms with Crippen LogP contribution in [0.4, 0.5) is 5.69 Å². The van der Waals surface area contributed by atoms with Crippen LogP contribution in [0, 0.1) is 0 Å². The second-order valence-corrected chi connectivity index (χ2v) is 3.32. The maximum atomic E-state index is 10.9. The highest BCUT2D eigenvalue weighted by Gasteiger charge is 2.15. The van der Waals surface area contributed by atoms with Gasteiger partial charge in [0.15, 0.2) is 5.11 Å². The standard InChI is InChI=1S/C9H10N2O3S/c1-11(9(10)15)7-3-2-5(12)4-6(7)8(13)14/h2-4,12H,1H3,(H2,10,15)(H,13,14). The van der Waals surface area contributed by atoms with Gasteiger partial charge in [-0.25, -0.2) is 4.79 Å². The van der Waals surface area contributed by atoms with E-state index in [1.165, 1.54) is 17.0 Å². The zero-order valence-electron chi connectivity index (χ0n) is 7.97. The molecule has 0 amide bonds. The van der Waals surface area contributed by atoms with E-state index in [0.29, 0.717) is 5.69 Å². The first kappa shape index (κ1) is 11.3. The molecular formula is C9H10N2O3S. The number of carbonyl (C=O) groups is 1. The Morgan fingerprint density at radius 3 is 2.60 bits per heavy atom. The molecule has 0 aliphatic rings. The third-order valence-corrected chi connectivity index (χ3v) is 2.18. The molecule has 15 heavy (non-hydrogen) atoms. The van der Waals surface area contributed by atoms with Gasteiger partial charge in [-0.2, -0.15) is 0 Å². The predicted molar refractivity (Wildman–Crippen MR) is 60.3 cm³/mol. The predicted octanol–water partition coefficient (Wildman–Crippen LogP) is 0.770. The number of aromatic carboxylic acids is 1. The minimum Gasteiger partial charge on any atom is -0.508 e. The Hall–Kier alpha value is -1.82. The minimum atomic E-state index is -1.15. The number of hydrogen-bond acceptors (Lipinski definition) is 3. The number of benzene rings is 1. The number of phenolic OH excluding ortho intramolecular Hbond substituents is 1. The number of rotatable bonds is 2. The van der Waals surface area contributed by atoms with Crippen molar-refractivity contribution >= 4 is 29.0 Å². The maximum Gasteiger partial charge on any atom is 0.337 e. The van der Waals surface area contributed by atoms with E-state index in [4.69, 9.17) is 28.2 Å². The van der Waals surface area contributed by atoms with Gasteiger partial charge in [0.1, 0.15) is 5.75 Å². The summed E-state index contributed by atoms with van der Waals surface area (Å²) in [5.74, 6) is -1.27. The first-order valence-electron chi connectivity index (χ1n) is 4.03. The van der Waals surface area contributed by atoms with Gasteiger partial charge in [-0.1, -0.05) is 0 Å².